The van der Waals surface area contributed by atoms with E-state index in [1.165, 1.54) is 6.92 Å². The number of rotatable bonds is 12. The van der Waals surface area contributed by atoms with Crippen molar-refractivity contribution in [2.24, 2.45) is 11.7 Å². The van der Waals surface area contributed by atoms with Gasteiger partial charge in [0.1, 0.15) is 18.1 Å². The molecule has 0 aliphatic rings. The summed E-state index contributed by atoms with van der Waals surface area (Å²) < 4.78 is 0. The number of carbonyl (C=O) groups is 4. The summed E-state index contributed by atoms with van der Waals surface area (Å²) >= 11 is 3.89. The maximum atomic E-state index is 12.8. The number of hydrogen-bond donors (Lipinski definition) is 6. The maximum absolute atomic E-state index is 12.8. The lowest BCUT2D eigenvalue weighted by Crippen LogP contribution is -2.58. The first-order valence-corrected chi connectivity index (χ1v) is 10.8. The van der Waals surface area contributed by atoms with Crippen molar-refractivity contribution in [2.75, 3.05) is 5.75 Å². The van der Waals surface area contributed by atoms with Crippen molar-refractivity contribution in [1.82, 2.24) is 16.0 Å². The fraction of sp³-hybridized carbons (Fsp3) is 0.524. The molecule has 10 heteroatoms. The number of hydrogen-bond acceptors (Lipinski definition) is 6. The quantitative estimate of drug-likeness (QED) is 0.247. The summed E-state index contributed by atoms with van der Waals surface area (Å²) in [5, 5.41) is 16.5. The van der Waals surface area contributed by atoms with Gasteiger partial charge in [-0.25, -0.2) is 4.79 Å². The molecule has 3 amide bonds. The maximum Gasteiger partial charge on any atom is 0.327 e. The zero-order valence-electron chi connectivity index (χ0n) is 18.0. The fourth-order valence-corrected chi connectivity index (χ4v) is 3.02. The first kappa shape index (κ1) is 26.4. The summed E-state index contributed by atoms with van der Waals surface area (Å²) in [6.45, 7) is 5.11. The van der Waals surface area contributed by atoms with Crippen molar-refractivity contribution in [3.8, 4) is 0 Å². The van der Waals surface area contributed by atoms with Gasteiger partial charge in [-0.05, 0) is 24.8 Å². The second-order valence-corrected chi connectivity index (χ2v) is 7.85. The summed E-state index contributed by atoms with van der Waals surface area (Å²) in [6, 6.07) is 5.39. The topological polar surface area (TPSA) is 151 Å². The number of amides is 3. The van der Waals surface area contributed by atoms with Crippen LogP contribution in [0.4, 0.5) is 0 Å². The molecule has 0 bridgehead atoms. The molecule has 0 aromatic heterocycles. The molecule has 1 aromatic rings. The van der Waals surface area contributed by atoms with E-state index >= 15 is 0 Å². The van der Waals surface area contributed by atoms with Gasteiger partial charge in [-0.15, -0.1) is 0 Å². The van der Waals surface area contributed by atoms with Gasteiger partial charge in [0.2, 0.25) is 17.7 Å². The van der Waals surface area contributed by atoms with E-state index in [0.29, 0.717) is 12.8 Å². The number of carboxylic acids is 1. The van der Waals surface area contributed by atoms with E-state index in [9.17, 15) is 19.2 Å². The average molecular weight is 453 g/mol. The molecule has 1 rings (SSSR count). The summed E-state index contributed by atoms with van der Waals surface area (Å²) in [5.41, 5.74) is 6.92. The van der Waals surface area contributed by atoms with Gasteiger partial charge in [0.15, 0.2) is 0 Å². The van der Waals surface area contributed by atoms with Crippen molar-refractivity contribution in [3.63, 3.8) is 0 Å². The van der Waals surface area contributed by atoms with Crippen molar-refractivity contribution in [3.05, 3.63) is 35.9 Å². The van der Waals surface area contributed by atoms with Crippen LogP contribution in [0.1, 0.15) is 32.8 Å². The monoisotopic (exact) mass is 452 g/mol. The average Bonchev–Trinajstić information content (AvgIpc) is 2.74. The van der Waals surface area contributed by atoms with Crippen LogP contribution in [0.5, 0.6) is 0 Å². The lowest BCUT2D eigenvalue weighted by Gasteiger charge is -2.26. The second-order valence-electron chi connectivity index (χ2n) is 7.48. The highest BCUT2D eigenvalue weighted by Crippen LogP contribution is 2.10. The Hall–Kier alpha value is -2.59. The predicted octanol–water partition coefficient (Wildman–Crippen LogP) is 0.0912. The van der Waals surface area contributed by atoms with Crippen molar-refractivity contribution in [2.45, 2.75) is 57.8 Å². The van der Waals surface area contributed by atoms with Crippen LogP contribution >= 0.6 is 12.6 Å². The Labute approximate surface area is 187 Å². The Morgan fingerprint density at radius 3 is 2.13 bits per heavy atom. The number of thiol groups is 1. The summed E-state index contributed by atoms with van der Waals surface area (Å²) in [5.74, 6) is -3.21. The Bertz CT molecular complexity index is 761. The van der Waals surface area contributed by atoms with Gasteiger partial charge >= 0.3 is 5.97 Å². The molecular weight excluding hydrogens is 420 g/mol. The molecule has 9 nitrogen and oxygen atoms in total. The van der Waals surface area contributed by atoms with Crippen LogP contribution in [0.25, 0.3) is 0 Å². The van der Waals surface area contributed by atoms with Crippen LogP contribution < -0.4 is 21.7 Å². The van der Waals surface area contributed by atoms with E-state index in [4.69, 9.17) is 10.8 Å². The van der Waals surface area contributed by atoms with Crippen LogP contribution in [0, 0.1) is 5.92 Å². The number of carboxylic acid groups (broad SMARTS) is 1. The number of benzene rings is 1. The van der Waals surface area contributed by atoms with Gasteiger partial charge in [0.25, 0.3) is 0 Å². The Kier molecular flexibility index (Phi) is 11.1. The van der Waals surface area contributed by atoms with Gasteiger partial charge in [0, 0.05) is 5.75 Å². The first-order chi connectivity index (χ1) is 14.6. The molecule has 5 atom stereocenters. The van der Waals surface area contributed by atoms with Gasteiger partial charge in [-0.3, -0.25) is 14.4 Å². The van der Waals surface area contributed by atoms with E-state index in [1.807, 2.05) is 37.3 Å². The van der Waals surface area contributed by atoms with E-state index in [1.54, 1.807) is 6.92 Å². The number of nitrogens with two attached hydrogens (primary N) is 1. The largest absolute Gasteiger partial charge is 0.480 e. The zero-order valence-corrected chi connectivity index (χ0v) is 18.9. The number of aliphatic carboxylic acids is 1. The second kappa shape index (κ2) is 13.0. The van der Waals surface area contributed by atoms with Gasteiger partial charge in [0.05, 0.1) is 6.04 Å². The molecule has 31 heavy (non-hydrogen) atoms. The van der Waals surface area contributed by atoms with Gasteiger partial charge < -0.3 is 26.8 Å². The van der Waals surface area contributed by atoms with Gasteiger partial charge in [-0.1, -0.05) is 50.6 Å². The highest BCUT2D eigenvalue weighted by atomic mass is 32.1. The molecule has 0 heterocycles. The van der Waals surface area contributed by atoms with Crippen LogP contribution in [-0.4, -0.2) is 58.7 Å². The Balaban J connectivity index is 2.77. The molecule has 5 unspecified atom stereocenters. The van der Waals surface area contributed by atoms with Crippen LogP contribution in [0.15, 0.2) is 30.3 Å². The molecular formula is C21H32N4O5S. The molecule has 0 aliphatic carbocycles. The first-order valence-electron chi connectivity index (χ1n) is 10.1. The van der Waals surface area contributed by atoms with Crippen molar-refractivity contribution < 1.29 is 24.3 Å². The molecule has 172 valence electrons. The van der Waals surface area contributed by atoms with E-state index in [-0.39, 0.29) is 11.7 Å². The third-order valence-electron chi connectivity index (χ3n) is 4.98. The minimum atomic E-state index is -1.22. The van der Waals surface area contributed by atoms with Crippen molar-refractivity contribution >= 4 is 36.3 Å². The number of nitrogens with one attached hydrogen (secondary N) is 3. The third-order valence-corrected chi connectivity index (χ3v) is 5.34. The normalized spacial score (nSPS) is 15.6. The fourth-order valence-electron chi connectivity index (χ4n) is 2.77. The molecule has 1 aromatic carbocycles. The molecule has 0 radical (unpaired) electrons. The van der Waals surface area contributed by atoms with Crippen LogP contribution in [0.2, 0.25) is 0 Å². The smallest absolute Gasteiger partial charge is 0.327 e. The molecule has 0 saturated carbocycles. The minimum Gasteiger partial charge on any atom is -0.480 e. The van der Waals surface area contributed by atoms with Crippen LogP contribution in [0.3, 0.4) is 0 Å². The minimum absolute atomic E-state index is 0.0907. The highest BCUT2D eigenvalue weighted by Gasteiger charge is 2.30. The Morgan fingerprint density at radius 1 is 1.00 bits per heavy atom. The molecule has 0 fully saturated rings. The third kappa shape index (κ3) is 8.58. The van der Waals surface area contributed by atoms with E-state index in [0.717, 1.165) is 5.56 Å². The lowest BCUT2D eigenvalue weighted by molar-refractivity contribution is -0.141. The lowest BCUT2D eigenvalue weighted by atomic mass is 9.97. The van der Waals surface area contributed by atoms with E-state index < -0.39 is 47.9 Å². The Morgan fingerprint density at radius 2 is 1.61 bits per heavy atom. The number of carbonyl (C=O) groups excluding carboxylic acids is 3. The summed E-state index contributed by atoms with van der Waals surface area (Å²) in [4.78, 5) is 48.6. The highest BCUT2D eigenvalue weighted by molar-refractivity contribution is 7.80. The summed E-state index contributed by atoms with van der Waals surface area (Å²) in [7, 11) is 0. The SMILES string of the molecule is CCC(C)C(NC(=O)C(N)Cc1ccccc1)C(=O)NC(C)C(=O)NC(CS)C(=O)O. The van der Waals surface area contributed by atoms with Crippen molar-refractivity contribution in [1.29, 1.82) is 0 Å². The van der Waals surface area contributed by atoms with Gasteiger partial charge in [-0.2, -0.15) is 12.6 Å². The zero-order chi connectivity index (χ0) is 23.6. The predicted molar refractivity (Wildman–Crippen MR) is 121 cm³/mol. The molecule has 0 aliphatic heterocycles. The molecule has 6 N–H and O–H groups in total. The van der Waals surface area contributed by atoms with Crippen LogP contribution in [-0.2, 0) is 25.6 Å². The van der Waals surface area contributed by atoms with E-state index in [2.05, 4.69) is 28.6 Å². The molecule has 0 saturated heterocycles. The summed E-state index contributed by atoms with van der Waals surface area (Å²) in [6.07, 6.45) is 0.925. The standard InChI is InChI=1S/C21H32N4O5S/c1-4-12(2)17(25-19(27)15(22)10-14-8-6-5-7-9-14)20(28)23-13(3)18(26)24-16(11-31)21(29)30/h5-9,12-13,15-17,31H,4,10-11,22H2,1-3H3,(H,23,28)(H,24,26)(H,25,27)(H,29,30). The molecule has 0 spiro atoms.